The van der Waals surface area contributed by atoms with Crippen molar-refractivity contribution in [1.82, 2.24) is 0 Å². The molecule has 1 rings (SSSR count). The predicted molar refractivity (Wildman–Crippen MR) is 65.6 cm³/mol. The highest BCUT2D eigenvalue weighted by Crippen LogP contribution is 2.20. The van der Waals surface area contributed by atoms with Gasteiger partial charge in [-0.1, -0.05) is 29.8 Å². The van der Waals surface area contributed by atoms with Crippen molar-refractivity contribution in [2.75, 3.05) is 0 Å². The van der Waals surface area contributed by atoms with Crippen LogP contribution in [0.4, 0.5) is 0 Å². The minimum atomic E-state index is -0.124. The Hall–Kier alpha value is -0.860. The summed E-state index contributed by atoms with van der Waals surface area (Å²) in [7, 11) is 0. The van der Waals surface area contributed by atoms with Crippen molar-refractivity contribution in [1.29, 1.82) is 0 Å². The van der Waals surface area contributed by atoms with Crippen molar-refractivity contribution in [3.63, 3.8) is 0 Å². The Kier molecular flexibility index (Phi) is 3.89. The van der Waals surface area contributed by atoms with Crippen LogP contribution in [0.5, 0.6) is 0 Å². The second kappa shape index (κ2) is 4.77. The second-order valence-electron chi connectivity index (χ2n) is 5.05. The van der Waals surface area contributed by atoms with Gasteiger partial charge in [-0.15, -0.1) is 0 Å². The summed E-state index contributed by atoms with van der Waals surface area (Å²) in [5.41, 5.74) is 14.4. The smallest absolute Gasteiger partial charge is 0.0295 e. The quantitative estimate of drug-likeness (QED) is 0.795. The van der Waals surface area contributed by atoms with Crippen LogP contribution in [0.25, 0.3) is 0 Å². The van der Waals surface area contributed by atoms with E-state index < -0.39 is 0 Å². The molecule has 84 valence electrons. The van der Waals surface area contributed by atoms with Crippen LogP contribution in [-0.4, -0.2) is 5.54 Å². The molecule has 0 amide bonds. The lowest BCUT2D eigenvalue weighted by atomic mass is 9.93. The van der Waals surface area contributed by atoms with Crippen LogP contribution >= 0.6 is 0 Å². The van der Waals surface area contributed by atoms with Crippen LogP contribution < -0.4 is 11.5 Å². The van der Waals surface area contributed by atoms with Crippen LogP contribution in [0.3, 0.4) is 0 Å². The molecule has 0 aliphatic rings. The van der Waals surface area contributed by atoms with Crippen molar-refractivity contribution in [3.8, 4) is 0 Å². The van der Waals surface area contributed by atoms with E-state index in [9.17, 15) is 0 Å². The third-order valence-corrected chi connectivity index (χ3v) is 2.57. The summed E-state index contributed by atoms with van der Waals surface area (Å²) in [6.07, 6.45) is 1.88. The first kappa shape index (κ1) is 12.2. The molecule has 0 bridgehead atoms. The normalized spacial score (nSPS) is 13.9. The van der Waals surface area contributed by atoms with E-state index in [1.807, 2.05) is 13.8 Å². The topological polar surface area (TPSA) is 52.0 Å². The van der Waals surface area contributed by atoms with Crippen LogP contribution in [0.2, 0.25) is 0 Å². The van der Waals surface area contributed by atoms with Crippen molar-refractivity contribution in [3.05, 3.63) is 35.4 Å². The standard InChI is InChI=1S/C13H22N2/c1-10-5-4-6-11(9-10)12(14)7-8-13(2,3)15/h4-6,9,12H,7-8,14-15H2,1-3H3. The van der Waals surface area contributed by atoms with Gasteiger partial charge in [0.25, 0.3) is 0 Å². The molecule has 0 fully saturated rings. The lowest BCUT2D eigenvalue weighted by Crippen LogP contribution is -2.32. The first-order valence-electron chi connectivity index (χ1n) is 5.49. The Labute approximate surface area is 92.7 Å². The van der Waals surface area contributed by atoms with Crippen molar-refractivity contribution in [2.24, 2.45) is 11.5 Å². The summed E-state index contributed by atoms with van der Waals surface area (Å²) in [5, 5.41) is 0. The van der Waals surface area contributed by atoms with E-state index in [4.69, 9.17) is 11.5 Å². The molecule has 0 aliphatic heterocycles. The zero-order valence-electron chi connectivity index (χ0n) is 9.96. The van der Waals surface area contributed by atoms with E-state index in [1.165, 1.54) is 11.1 Å². The Bertz CT molecular complexity index is 313. The van der Waals surface area contributed by atoms with Gasteiger partial charge in [0.05, 0.1) is 0 Å². The summed E-state index contributed by atoms with van der Waals surface area (Å²) in [6.45, 7) is 6.16. The van der Waals surface area contributed by atoms with E-state index >= 15 is 0 Å². The molecule has 0 saturated heterocycles. The SMILES string of the molecule is Cc1cccc(C(N)CCC(C)(C)N)c1. The van der Waals surface area contributed by atoms with E-state index in [1.54, 1.807) is 0 Å². The fourth-order valence-electron chi connectivity index (χ4n) is 1.59. The highest BCUT2D eigenvalue weighted by atomic mass is 14.7. The van der Waals surface area contributed by atoms with Gasteiger partial charge in [-0.25, -0.2) is 0 Å². The maximum Gasteiger partial charge on any atom is 0.0295 e. The van der Waals surface area contributed by atoms with Gasteiger partial charge in [0.15, 0.2) is 0 Å². The molecule has 2 nitrogen and oxygen atoms in total. The number of aryl methyl sites for hydroxylation is 1. The molecule has 0 radical (unpaired) electrons. The maximum atomic E-state index is 6.12. The first-order chi connectivity index (χ1) is 6.88. The molecular formula is C13H22N2. The molecule has 0 heterocycles. The molecule has 1 unspecified atom stereocenters. The van der Waals surface area contributed by atoms with Gasteiger partial charge in [0.1, 0.15) is 0 Å². The zero-order chi connectivity index (χ0) is 11.5. The highest BCUT2D eigenvalue weighted by Gasteiger charge is 2.14. The Balaban J connectivity index is 2.58. The van der Waals surface area contributed by atoms with Gasteiger partial charge >= 0.3 is 0 Å². The maximum absolute atomic E-state index is 6.12. The fraction of sp³-hybridized carbons (Fsp3) is 0.538. The molecule has 1 atom stereocenters. The molecule has 0 aromatic heterocycles. The molecule has 1 aromatic rings. The monoisotopic (exact) mass is 206 g/mol. The Morgan fingerprint density at radius 3 is 2.53 bits per heavy atom. The first-order valence-corrected chi connectivity index (χ1v) is 5.49. The average Bonchev–Trinajstić information content (AvgIpc) is 2.13. The summed E-state index contributed by atoms with van der Waals surface area (Å²) in [4.78, 5) is 0. The zero-order valence-corrected chi connectivity index (χ0v) is 9.96. The second-order valence-corrected chi connectivity index (χ2v) is 5.05. The van der Waals surface area contributed by atoms with Crippen LogP contribution in [0.15, 0.2) is 24.3 Å². The molecule has 0 aliphatic carbocycles. The molecule has 0 spiro atoms. The van der Waals surface area contributed by atoms with E-state index in [0.717, 1.165) is 12.8 Å². The van der Waals surface area contributed by atoms with Crippen LogP contribution in [0.1, 0.15) is 43.9 Å². The molecule has 15 heavy (non-hydrogen) atoms. The van der Waals surface area contributed by atoms with Crippen molar-refractivity contribution >= 4 is 0 Å². The molecule has 1 aromatic carbocycles. The summed E-state index contributed by atoms with van der Waals surface area (Å²) < 4.78 is 0. The number of benzene rings is 1. The average molecular weight is 206 g/mol. The van der Waals surface area contributed by atoms with Gasteiger partial charge < -0.3 is 11.5 Å². The largest absolute Gasteiger partial charge is 0.326 e. The van der Waals surface area contributed by atoms with E-state index in [-0.39, 0.29) is 11.6 Å². The van der Waals surface area contributed by atoms with Crippen LogP contribution in [0, 0.1) is 6.92 Å². The third kappa shape index (κ3) is 4.45. The minimum absolute atomic E-state index is 0.104. The van der Waals surface area contributed by atoms with Gasteiger partial charge in [-0.2, -0.15) is 0 Å². The third-order valence-electron chi connectivity index (χ3n) is 2.57. The van der Waals surface area contributed by atoms with Crippen molar-refractivity contribution < 1.29 is 0 Å². The number of hydrogen-bond acceptors (Lipinski definition) is 2. The molecule has 0 saturated carbocycles. The summed E-state index contributed by atoms with van der Waals surface area (Å²) in [6, 6.07) is 8.48. The van der Waals surface area contributed by atoms with E-state index in [0.29, 0.717) is 0 Å². The predicted octanol–water partition coefficient (Wildman–Crippen LogP) is 2.51. The number of hydrogen-bond donors (Lipinski definition) is 2. The summed E-state index contributed by atoms with van der Waals surface area (Å²) in [5.74, 6) is 0. The number of rotatable bonds is 4. The van der Waals surface area contributed by atoms with E-state index in [2.05, 4.69) is 31.2 Å². The molecule has 4 N–H and O–H groups in total. The summed E-state index contributed by atoms with van der Waals surface area (Å²) >= 11 is 0. The lowest BCUT2D eigenvalue weighted by Gasteiger charge is -2.21. The van der Waals surface area contributed by atoms with Gasteiger partial charge in [-0.3, -0.25) is 0 Å². The Morgan fingerprint density at radius 1 is 1.33 bits per heavy atom. The fourth-order valence-corrected chi connectivity index (χ4v) is 1.59. The molecular weight excluding hydrogens is 184 g/mol. The Morgan fingerprint density at radius 2 is 2.00 bits per heavy atom. The minimum Gasteiger partial charge on any atom is -0.326 e. The van der Waals surface area contributed by atoms with Crippen LogP contribution in [-0.2, 0) is 0 Å². The van der Waals surface area contributed by atoms with Crippen molar-refractivity contribution in [2.45, 2.75) is 45.2 Å². The molecule has 2 heteroatoms. The lowest BCUT2D eigenvalue weighted by molar-refractivity contribution is 0.433. The highest BCUT2D eigenvalue weighted by molar-refractivity contribution is 5.24. The van der Waals surface area contributed by atoms with Gasteiger partial charge in [-0.05, 0) is 39.2 Å². The van der Waals surface area contributed by atoms with Gasteiger partial charge in [0.2, 0.25) is 0 Å². The van der Waals surface area contributed by atoms with Gasteiger partial charge in [0, 0.05) is 11.6 Å². The number of nitrogens with two attached hydrogens (primary N) is 2.